The first kappa shape index (κ1) is 18.5. The van der Waals surface area contributed by atoms with E-state index in [2.05, 4.69) is 68.8 Å². The van der Waals surface area contributed by atoms with E-state index in [1.807, 2.05) is 6.20 Å². The van der Waals surface area contributed by atoms with E-state index >= 15 is 0 Å². The number of likely N-dealkylation sites (tertiary alicyclic amines) is 1. The minimum absolute atomic E-state index is 1.02. The fourth-order valence-electron chi connectivity index (χ4n) is 4.79. The highest BCUT2D eigenvalue weighted by atomic mass is 15.3. The van der Waals surface area contributed by atoms with E-state index in [4.69, 9.17) is 4.98 Å². The highest BCUT2D eigenvalue weighted by Crippen LogP contribution is 2.25. The molecule has 2 saturated heterocycles. The zero-order chi connectivity index (χ0) is 19.6. The molecule has 0 atom stereocenters. The van der Waals surface area contributed by atoms with Gasteiger partial charge in [0.2, 0.25) is 0 Å². The average molecular weight is 390 g/mol. The molecule has 0 N–H and O–H groups in total. The van der Waals surface area contributed by atoms with Crippen LogP contribution in [-0.4, -0.2) is 60.3 Å². The Morgan fingerprint density at radius 2 is 1.62 bits per heavy atom. The molecule has 0 saturated carbocycles. The summed E-state index contributed by atoms with van der Waals surface area (Å²) in [6.45, 7) is 11.1. The fraction of sp³-hybridized carbons (Fsp3) is 0.458. The predicted molar refractivity (Wildman–Crippen MR) is 121 cm³/mol. The monoisotopic (exact) mass is 389 g/mol. The first-order chi connectivity index (χ1) is 14.3. The number of aryl methyl sites for hydroxylation is 1. The van der Waals surface area contributed by atoms with Crippen LogP contribution in [0, 0.1) is 6.92 Å². The zero-order valence-corrected chi connectivity index (χ0v) is 17.4. The lowest BCUT2D eigenvalue weighted by Gasteiger charge is -2.37. The Bertz CT molecular complexity index is 964. The summed E-state index contributed by atoms with van der Waals surface area (Å²) in [6, 6.07) is 13.2. The molecule has 2 fully saturated rings. The quantitative estimate of drug-likeness (QED) is 0.664. The van der Waals surface area contributed by atoms with E-state index < -0.39 is 0 Å². The summed E-state index contributed by atoms with van der Waals surface area (Å²) in [5.41, 5.74) is 4.04. The van der Waals surface area contributed by atoms with Gasteiger partial charge in [0.15, 0.2) is 0 Å². The van der Waals surface area contributed by atoms with Crippen molar-refractivity contribution < 1.29 is 0 Å². The smallest absolute Gasteiger partial charge is 0.130 e. The normalized spacial score (nSPS) is 18.1. The van der Waals surface area contributed by atoms with Crippen molar-refractivity contribution >= 4 is 22.4 Å². The molecule has 0 bridgehead atoms. The van der Waals surface area contributed by atoms with Crippen LogP contribution in [0.2, 0.25) is 0 Å². The van der Waals surface area contributed by atoms with Crippen molar-refractivity contribution in [2.45, 2.75) is 26.3 Å². The number of anilines is 2. The van der Waals surface area contributed by atoms with Crippen molar-refractivity contribution in [2.24, 2.45) is 0 Å². The van der Waals surface area contributed by atoms with Crippen LogP contribution in [0.5, 0.6) is 0 Å². The maximum absolute atomic E-state index is 4.78. The van der Waals surface area contributed by atoms with Crippen LogP contribution < -0.4 is 9.80 Å². The Kier molecular flexibility index (Phi) is 5.15. The third-order valence-corrected chi connectivity index (χ3v) is 6.56. The SMILES string of the molecule is Cc1ccccc1N1CCN(c2cc3c(ccn3CCN3CCCC3)cn2)CC1. The first-order valence-corrected chi connectivity index (χ1v) is 11.0. The van der Waals surface area contributed by atoms with Gasteiger partial charge in [-0.25, -0.2) is 4.98 Å². The molecule has 2 aromatic heterocycles. The highest BCUT2D eigenvalue weighted by molar-refractivity contribution is 5.81. The van der Waals surface area contributed by atoms with Gasteiger partial charge in [0.05, 0.1) is 5.52 Å². The van der Waals surface area contributed by atoms with Gasteiger partial charge in [0, 0.05) is 68.8 Å². The summed E-state index contributed by atoms with van der Waals surface area (Å²) in [5.74, 6) is 1.11. The molecular weight excluding hydrogens is 358 g/mol. The second kappa shape index (κ2) is 8.07. The Balaban J connectivity index is 1.28. The molecule has 1 aromatic carbocycles. The van der Waals surface area contributed by atoms with E-state index in [-0.39, 0.29) is 0 Å². The molecule has 5 heteroatoms. The van der Waals surface area contributed by atoms with Gasteiger partial charge < -0.3 is 19.3 Å². The lowest BCUT2D eigenvalue weighted by molar-refractivity contribution is 0.324. The topological polar surface area (TPSA) is 27.5 Å². The number of hydrogen-bond donors (Lipinski definition) is 0. The van der Waals surface area contributed by atoms with Crippen molar-refractivity contribution in [3.8, 4) is 0 Å². The summed E-state index contributed by atoms with van der Waals surface area (Å²) in [6.07, 6.45) is 6.98. The molecular formula is C24H31N5. The van der Waals surface area contributed by atoms with Gasteiger partial charge >= 0.3 is 0 Å². The number of fused-ring (bicyclic) bond motifs is 1. The lowest BCUT2D eigenvalue weighted by Crippen LogP contribution is -2.47. The Hall–Kier alpha value is -2.53. The van der Waals surface area contributed by atoms with Crippen molar-refractivity contribution in [2.75, 3.05) is 55.6 Å². The molecule has 152 valence electrons. The van der Waals surface area contributed by atoms with Crippen molar-refractivity contribution in [1.29, 1.82) is 0 Å². The van der Waals surface area contributed by atoms with E-state index in [0.29, 0.717) is 0 Å². The second-order valence-corrected chi connectivity index (χ2v) is 8.42. The summed E-state index contributed by atoms with van der Waals surface area (Å²) < 4.78 is 2.41. The van der Waals surface area contributed by atoms with E-state index in [1.165, 1.54) is 48.1 Å². The van der Waals surface area contributed by atoms with Gasteiger partial charge in [-0.1, -0.05) is 18.2 Å². The third-order valence-electron chi connectivity index (χ3n) is 6.56. The van der Waals surface area contributed by atoms with E-state index in [1.54, 1.807) is 0 Å². The third kappa shape index (κ3) is 3.84. The first-order valence-electron chi connectivity index (χ1n) is 11.0. The molecule has 2 aliphatic heterocycles. The summed E-state index contributed by atoms with van der Waals surface area (Å²) >= 11 is 0. The lowest BCUT2D eigenvalue weighted by atomic mass is 10.1. The number of rotatable bonds is 5. The molecule has 29 heavy (non-hydrogen) atoms. The van der Waals surface area contributed by atoms with Crippen LogP contribution in [0.25, 0.3) is 10.9 Å². The summed E-state index contributed by atoms with van der Waals surface area (Å²) in [7, 11) is 0. The molecule has 0 spiro atoms. The number of hydrogen-bond acceptors (Lipinski definition) is 4. The Morgan fingerprint density at radius 1 is 0.862 bits per heavy atom. The van der Waals surface area contributed by atoms with Crippen LogP contribution in [0.1, 0.15) is 18.4 Å². The van der Waals surface area contributed by atoms with Gasteiger partial charge in [-0.3, -0.25) is 0 Å². The van der Waals surface area contributed by atoms with Crippen LogP contribution in [0.15, 0.2) is 48.8 Å². The van der Waals surface area contributed by atoms with E-state index in [0.717, 1.165) is 45.1 Å². The van der Waals surface area contributed by atoms with Crippen LogP contribution >= 0.6 is 0 Å². The minimum Gasteiger partial charge on any atom is -0.368 e. The standard InChI is InChI=1S/C24H31N5/c1-20-6-2-3-7-22(20)28-14-16-29(17-15-28)24-18-23-21(19-25-24)8-11-27(23)13-12-26-9-4-5-10-26/h2-3,6-8,11,18-19H,4-5,9-10,12-17H2,1H3. The van der Waals surface area contributed by atoms with Crippen LogP contribution in [0.3, 0.4) is 0 Å². The number of piperazine rings is 1. The number of aromatic nitrogens is 2. The van der Waals surface area contributed by atoms with Crippen molar-refractivity contribution in [3.63, 3.8) is 0 Å². The maximum atomic E-state index is 4.78. The van der Waals surface area contributed by atoms with Gasteiger partial charge in [0.25, 0.3) is 0 Å². The summed E-state index contributed by atoms with van der Waals surface area (Å²) in [5, 5.41) is 1.24. The highest BCUT2D eigenvalue weighted by Gasteiger charge is 2.20. The van der Waals surface area contributed by atoms with Gasteiger partial charge in [0.1, 0.15) is 5.82 Å². The molecule has 0 amide bonds. The molecule has 0 radical (unpaired) electrons. The van der Waals surface area contributed by atoms with Crippen LogP contribution in [0.4, 0.5) is 11.5 Å². The minimum atomic E-state index is 1.02. The molecule has 0 aliphatic carbocycles. The van der Waals surface area contributed by atoms with Gasteiger partial charge in [-0.15, -0.1) is 0 Å². The van der Waals surface area contributed by atoms with Gasteiger partial charge in [-0.2, -0.15) is 0 Å². The predicted octanol–water partition coefficient (Wildman–Crippen LogP) is 3.77. The zero-order valence-electron chi connectivity index (χ0n) is 17.4. The maximum Gasteiger partial charge on any atom is 0.130 e. The van der Waals surface area contributed by atoms with Crippen molar-refractivity contribution in [3.05, 3.63) is 54.4 Å². The molecule has 0 unspecified atom stereocenters. The van der Waals surface area contributed by atoms with E-state index in [9.17, 15) is 0 Å². The van der Waals surface area contributed by atoms with Gasteiger partial charge in [-0.05, 0) is 50.6 Å². The second-order valence-electron chi connectivity index (χ2n) is 8.42. The number of para-hydroxylation sites is 1. The van der Waals surface area contributed by atoms with Crippen molar-refractivity contribution in [1.82, 2.24) is 14.5 Å². The molecule has 4 heterocycles. The molecule has 5 rings (SSSR count). The molecule has 2 aliphatic rings. The number of benzene rings is 1. The number of pyridine rings is 1. The number of nitrogens with zero attached hydrogens (tertiary/aromatic N) is 5. The fourth-order valence-corrected chi connectivity index (χ4v) is 4.79. The Labute approximate surface area is 173 Å². The molecule has 5 nitrogen and oxygen atoms in total. The van der Waals surface area contributed by atoms with Crippen LogP contribution in [-0.2, 0) is 6.54 Å². The largest absolute Gasteiger partial charge is 0.368 e. The Morgan fingerprint density at radius 3 is 2.41 bits per heavy atom. The summed E-state index contributed by atoms with van der Waals surface area (Å²) in [4.78, 5) is 12.3. The average Bonchev–Trinajstić information content (AvgIpc) is 3.42. The molecule has 3 aromatic rings.